The molecule has 2 amide bonds. The van der Waals surface area contributed by atoms with Gasteiger partial charge in [-0.05, 0) is 29.2 Å². The number of primary amides is 1. The van der Waals surface area contributed by atoms with Crippen molar-refractivity contribution in [2.45, 2.75) is 12.6 Å². The van der Waals surface area contributed by atoms with E-state index < -0.39 is 12.1 Å². The van der Waals surface area contributed by atoms with Crippen molar-refractivity contribution in [1.29, 1.82) is 0 Å². The van der Waals surface area contributed by atoms with Crippen molar-refractivity contribution in [1.82, 2.24) is 10.0 Å². The van der Waals surface area contributed by atoms with E-state index in [0.29, 0.717) is 21.9 Å². The average Bonchev–Trinajstić information content (AvgIpc) is 2.54. The Balaban J connectivity index is 2.04. The van der Waals surface area contributed by atoms with Crippen molar-refractivity contribution in [2.24, 2.45) is 5.73 Å². The fourth-order valence-corrected chi connectivity index (χ4v) is 1.72. The Kier molecular flexibility index (Phi) is 5.09. The summed E-state index contributed by atoms with van der Waals surface area (Å²) in [5.74, 6) is 5.49. The summed E-state index contributed by atoms with van der Waals surface area (Å²) in [6, 6.07) is 11.1. The number of aliphatic hydroxyl groups excluding tert-OH is 1. The number of carbonyl (C=O) groups excluding carboxylic acids is 1. The molecule has 0 saturated heterocycles. The molecule has 1 unspecified atom stereocenters. The van der Waals surface area contributed by atoms with Gasteiger partial charge in [-0.3, -0.25) is 5.21 Å². The molecule has 0 radical (unpaired) electrons. The Morgan fingerprint density at radius 3 is 2.59 bits per heavy atom. The topological polar surface area (TPSA) is 99.7 Å². The minimum Gasteiger partial charge on any atom is -0.376 e. The molecule has 1 atom stereocenters. The van der Waals surface area contributed by atoms with Crippen LogP contribution in [0.15, 0.2) is 48.7 Å². The van der Waals surface area contributed by atoms with Crippen molar-refractivity contribution in [2.75, 3.05) is 0 Å². The predicted octanol–water partition coefficient (Wildman–Crippen LogP) is 1.44. The molecule has 0 saturated carbocycles. The largest absolute Gasteiger partial charge is 0.376 e. The minimum atomic E-state index is -0.947. The Morgan fingerprint density at radius 2 is 2.00 bits per heavy atom. The van der Waals surface area contributed by atoms with Crippen LogP contribution in [-0.4, -0.2) is 26.4 Å². The van der Waals surface area contributed by atoms with Crippen LogP contribution in [0.1, 0.15) is 22.9 Å². The van der Waals surface area contributed by atoms with Crippen LogP contribution in [0.25, 0.3) is 0 Å². The predicted molar refractivity (Wildman–Crippen MR) is 79.4 cm³/mol. The van der Waals surface area contributed by atoms with Crippen molar-refractivity contribution in [3.8, 4) is 11.8 Å². The van der Waals surface area contributed by atoms with Gasteiger partial charge in [-0.1, -0.05) is 36.3 Å². The van der Waals surface area contributed by atoms with Gasteiger partial charge in [0.05, 0.1) is 6.54 Å². The van der Waals surface area contributed by atoms with Gasteiger partial charge < -0.3 is 10.8 Å². The van der Waals surface area contributed by atoms with Crippen molar-refractivity contribution in [3.05, 3.63) is 65.5 Å². The fourth-order valence-electron chi connectivity index (χ4n) is 1.72. The van der Waals surface area contributed by atoms with E-state index in [-0.39, 0.29) is 6.54 Å². The summed E-state index contributed by atoms with van der Waals surface area (Å²) in [4.78, 5) is 14.8. The minimum absolute atomic E-state index is 0.0225. The van der Waals surface area contributed by atoms with Crippen LogP contribution in [0.2, 0.25) is 0 Å². The van der Waals surface area contributed by atoms with Crippen LogP contribution in [-0.2, 0) is 6.54 Å². The summed E-state index contributed by atoms with van der Waals surface area (Å²) >= 11 is 0. The molecular formula is C16H15N3O3. The van der Waals surface area contributed by atoms with E-state index in [9.17, 15) is 15.1 Å². The third-order valence-corrected chi connectivity index (χ3v) is 2.88. The molecule has 22 heavy (non-hydrogen) atoms. The first-order valence-electron chi connectivity index (χ1n) is 6.51. The lowest BCUT2D eigenvalue weighted by atomic mass is 10.1. The number of pyridine rings is 1. The van der Waals surface area contributed by atoms with Crippen LogP contribution in [0.3, 0.4) is 0 Å². The first-order chi connectivity index (χ1) is 10.6. The second-order valence-corrected chi connectivity index (χ2v) is 4.52. The Morgan fingerprint density at radius 1 is 1.27 bits per heavy atom. The molecule has 0 aliphatic rings. The molecule has 2 rings (SSSR count). The van der Waals surface area contributed by atoms with E-state index in [1.165, 1.54) is 0 Å². The second kappa shape index (κ2) is 7.22. The molecule has 112 valence electrons. The lowest BCUT2D eigenvalue weighted by Gasteiger charge is -2.12. The van der Waals surface area contributed by atoms with Crippen molar-refractivity contribution >= 4 is 6.03 Å². The summed E-state index contributed by atoms with van der Waals surface area (Å²) < 4.78 is 0. The zero-order valence-corrected chi connectivity index (χ0v) is 11.7. The average molecular weight is 297 g/mol. The lowest BCUT2D eigenvalue weighted by Crippen LogP contribution is -2.31. The maximum atomic E-state index is 10.7. The van der Waals surface area contributed by atoms with Crippen LogP contribution in [0, 0.1) is 11.8 Å². The molecule has 0 bridgehead atoms. The van der Waals surface area contributed by atoms with Crippen LogP contribution < -0.4 is 5.73 Å². The molecule has 0 fully saturated rings. The maximum absolute atomic E-state index is 10.7. The lowest BCUT2D eigenvalue weighted by molar-refractivity contribution is -0.0470. The van der Waals surface area contributed by atoms with Gasteiger partial charge in [-0.2, -0.15) is 0 Å². The number of aliphatic hydroxyl groups is 1. The molecule has 6 nitrogen and oxygen atoms in total. The highest BCUT2D eigenvalue weighted by atomic mass is 16.5. The van der Waals surface area contributed by atoms with Gasteiger partial charge in [0.2, 0.25) is 0 Å². The van der Waals surface area contributed by atoms with Gasteiger partial charge in [0.1, 0.15) is 11.8 Å². The number of carbonyl (C=O) groups is 1. The Hall–Kier alpha value is -2.88. The van der Waals surface area contributed by atoms with Gasteiger partial charge in [-0.15, -0.1) is 0 Å². The van der Waals surface area contributed by atoms with Crippen LogP contribution >= 0.6 is 0 Å². The zero-order valence-electron chi connectivity index (χ0n) is 11.7. The highest BCUT2D eigenvalue weighted by Crippen LogP contribution is 2.14. The quantitative estimate of drug-likeness (QED) is 0.453. The Bertz CT molecular complexity index is 690. The van der Waals surface area contributed by atoms with E-state index in [2.05, 4.69) is 16.8 Å². The number of hydrogen-bond donors (Lipinski definition) is 3. The molecule has 1 aromatic heterocycles. The number of benzene rings is 1. The smallest absolute Gasteiger partial charge is 0.338 e. The van der Waals surface area contributed by atoms with Gasteiger partial charge in [-0.25, -0.2) is 14.8 Å². The molecule has 2 aromatic rings. The molecule has 1 aromatic carbocycles. The number of urea groups is 1. The number of hydrogen-bond acceptors (Lipinski definition) is 4. The van der Waals surface area contributed by atoms with Gasteiger partial charge in [0, 0.05) is 6.20 Å². The van der Waals surface area contributed by atoms with Crippen LogP contribution in [0.4, 0.5) is 4.79 Å². The molecule has 4 N–H and O–H groups in total. The van der Waals surface area contributed by atoms with Crippen LogP contribution in [0.5, 0.6) is 0 Å². The molecule has 0 spiro atoms. The molecule has 6 heteroatoms. The van der Waals surface area contributed by atoms with Gasteiger partial charge in [0.15, 0.2) is 0 Å². The molecule has 0 aliphatic heterocycles. The number of hydroxylamine groups is 2. The standard InChI is InChI=1S/C16H15N3O3/c17-16(21)19(22)11-12-4-6-13(7-5-12)15(20)9-8-14-3-1-2-10-18-14/h1-7,10,15,20,22H,11H2,(H2,17,21). The highest BCUT2D eigenvalue weighted by Gasteiger charge is 2.08. The zero-order chi connectivity index (χ0) is 15.9. The summed E-state index contributed by atoms with van der Waals surface area (Å²) in [5, 5.41) is 19.7. The number of aromatic nitrogens is 1. The maximum Gasteiger partial charge on any atom is 0.338 e. The number of rotatable bonds is 3. The van der Waals surface area contributed by atoms with Gasteiger partial charge in [0.25, 0.3) is 0 Å². The highest BCUT2D eigenvalue weighted by molar-refractivity contribution is 5.70. The number of amides is 2. The first kappa shape index (κ1) is 15.5. The summed E-state index contributed by atoms with van der Waals surface area (Å²) in [7, 11) is 0. The van der Waals surface area contributed by atoms with E-state index in [4.69, 9.17) is 5.73 Å². The van der Waals surface area contributed by atoms with Crippen molar-refractivity contribution in [3.63, 3.8) is 0 Å². The SMILES string of the molecule is NC(=O)N(O)Cc1ccc(C(O)C#Cc2ccccn2)cc1. The first-order valence-corrected chi connectivity index (χ1v) is 6.51. The van der Waals surface area contributed by atoms with E-state index in [1.807, 2.05) is 6.07 Å². The number of nitrogens with two attached hydrogens (primary N) is 1. The normalized spacial score (nSPS) is 11.2. The van der Waals surface area contributed by atoms with E-state index >= 15 is 0 Å². The third-order valence-electron chi connectivity index (χ3n) is 2.88. The van der Waals surface area contributed by atoms with E-state index in [0.717, 1.165) is 0 Å². The third kappa shape index (κ3) is 4.31. The number of nitrogens with zero attached hydrogens (tertiary/aromatic N) is 2. The second-order valence-electron chi connectivity index (χ2n) is 4.52. The summed E-state index contributed by atoms with van der Waals surface area (Å²) in [6.45, 7) is -0.0225. The van der Waals surface area contributed by atoms with Gasteiger partial charge >= 0.3 is 6.03 Å². The molecule has 0 aliphatic carbocycles. The molecule has 1 heterocycles. The van der Waals surface area contributed by atoms with E-state index in [1.54, 1.807) is 42.6 Å². The fraction of sp³-hybridized carbons (Fsp3) is 0.125. The monoisotopic (exact) mass is 297 g/mol. The van der Waals surface area contributed by atoms with Crippen molar-refractivity contribution < 1.29 is 15.1 Å². The Labute approximate surface area is 127 Å². The summed E-state index contributed by atoms with van der Waals surface area (Å²) in [6.07, 6.45) is 0.683. The summed E-state index contributed by atoms with van der Waals surface area (Å²) in [5.41, 5.74) is 6.79. The molecular weight excluding hydrogens is 282 g/mol.